The topological polar surface area (TPSA) is 106 Å². The summed E-state index contributed by atoms with van der Waals surface area (Å²) in [5.41, 5.74) is 2.69. The fourth-order valence-electron chi connectivity index (χ4n) is 2.82. The number of amides is 1. The van der Waals surface area contributed by atoms with Crippen LogP contribution in [0.25, 0.3) is 11.0 Å². The van der Waals surface area contributed by atoms with Crippen LogP contribution < -0.4 is 5.32 Å². The summed E-state index contributed by atoms with van der Waals surface area (Å²) in [4.78, 5) is 24.3. The Hall–Kier alpha value is -3.17. The highest BCUT2D eigenvalue weighted by atomic mass is 32.2. The molecule has 1 amide bonds. The minimum Gasteiger partial charge on any atom is -0.464 e. The molecule has 1 heterocycles. The van der Waals surface area contributed by atoms with Crippen molar-refractivity contribution < 1.29 is 27.2 Å². The van der Waals surface area contributed by atoms with Crippen molar-refractivity contribution in [2.45, 2.75) is 18.2 Å². The van der Waals surface area contributed by atoms with Gasteiger partial charge in [0.25, 0.3) is 5.91 Å². The van der Waals surface area contributed by atoms with Gasteiger partial charge in [-0.05, 0) is 36.8 Å². The third-order valence-electron chi connectivity index (χ3n) is 4.41. The molecule has 1 aromatic heterocycles. The minimum atomic E-state index is -3.62. The molecule has 158 valence electrons. The molecule has 0 radical (unpaired) electrons. The summed E-state index contributed by atoms with van der Waals surface area (Å²) in [7, 11) is -0.781. The van der Waals surface area contributed by atoms with Crippen LogP contribution in [0.2, 0.25) is 0 Å². The molecule has 1 N–H and O–H groups in total. The molecule has 0 saturated carbocycles. The quantitative estimate of drug-likeness (QED) is 0.578. The number of hydrogen-bond donors (Lipinski definition) is 1. The monoisotopic (exact) mass is 430 g/mol. The lowest BCUT2D eigenvalue weighted by Crippen LogP contribution is -2.23. The van der Waals surface area contributed by atoms with Gasteiger partial charge in [-0.1, -0.05) is 18.2 Å². The highest BCUT2D eigenvalue weighted by molar-refractivity contribution is 7.89. The first-order chi connectivity index (χ1) is 14.2. The zero-order valence-electron chi connectivity index (χ0n) is 16.8. The first-order valence-corrected chi connectivity index (χ1v) is 10.6. The van der Waals surface area contributed by atoms with Gasteiger partial charge in [0, 0.05) is 30.7 Å². The molecule has 30 heavy (non-hydrogen) atoms. The van der Waals surface area contributed by atoms with E-state index in [1.165, 1.54) is 38.6 Å². The van der Waals surface area contributed by atoms with E-state index in [0.717, 1.165) is 15.3 Å². The average Bonchev–Trinajstić information content (AvgIpc) is 3.08. The van der Waals surface area contributed by atoms with E-state index < -0.39 is 28.5 Å². The zero-order valence-corrected chi connectivity index (χ0v) is 17.7. The number of nitrogens with one attached hydrogen (secondary N) is 1. The van der Waals surface area contributed by atoms with Crippen LogP contribution in [0, 0.1) is 6.92 Å². The predicted molar refractivity (Wildman–Crippen MR) is 112 cm³/mol. The van der Waals surface area contributed by atoms with E-state index in [9.17, 15) is 18.0 Å². The second kappa shape index (κ2) is 8.68. The van der Waals surface area contributed by atoms with Crippen LogP contribution in [0.3, 0.4) is 0 Å². The molecule has 3 aromatic rings. The van der Waals surface area contributed by atoms with Gasteiger partial charge in [0.2, 0.25) is 10.0 Å². The molecule has 3 rings (SSSR count). The second-order valence-corrected chi connectivity index (χ2v) is 9.11. The molecule has 0 fully saturated rings. The Bertz CT molecular complexity index is 1200. The lowest BCUT2D eigenvalue weighted by atomic mass is 10.1. The van der Waals surface area contributed by atoms with Crippen molar-refractivity contribution in [3.05, 3.63) is 59.9 Å². The van der Waals surface area contributed by atoms with Crippen LogP contribution in [-0.2, 0) is 30.8 Å². The van der Waals surface area contributed by atoms with E-state index in [2.05, 4.69) is 5.32 Å². The van der Waals surface area contributed by atoms with Gasteiger partial charge < -0.3 is 14.5 Å². The van der Waals surface area contributed by atoms with E-state index in [-0.39, 0.29) is 17.0 Å². The van der Waals surface area contributed by atoms with Gasteiger partial charge in [0.1, 0.15) is 5.58 Å². The summed E-state index contributed by atoms with van der Waals surface area (Å²) in [5, 5.41) is 3.35. The zero-order chi connectivity index (χ0) is 21.9. The largest absolute Gasteiger partial charge is 0.464 e. The molecule has 0 bridgehead atoms. The Morgan fingerprint density at radius 3 is 2.63 bits per heavy atom. The third-order valence-corrected chi connectivity index (χ3v) is 6.22. The predicted octanol–water partition coefficient (Wildman–Crippen LogP) is 2.72. The number of hydrogen-bond acceptors (Lipinski definition) is 6. The number of furan rings is 1. The molecule has 8 nitrogen and oxygen atoms in total. The number of anilines is 1. The van der Waals surface area contributed by atoms with Crippen molar-refractivity contribution in [2.75, 3.05) is 26.0 Å². The van der Waals surface area contributed by atoms with E-state index in [1.807, 2.05) is 25.1 Å². The van der Waals surface area contributed by atoms with Crippen molar-refractivity contribution in [1.82, 2.24) is 4.31 Å². The average molecular weight is 430 g/mol. The lowest BCUT2D eigenvalue weighted by molar-refractivity contribution is -0.146. The molecule has 0 aliphatic rings. The number of carbonyl (C=O) groups is 2. The molecule has 9 heteroatoms. The van der Waals surface area contributed by atoms with Crippen LogP contribution in [0.15, 0.2) is 58.0 Å². The maximum absolute atomic E-state index is 12.2. The molecular formula is C21H22N2O6S. The highest BCUT2D eigenvalue weighted by Gasteiger charge is 2.18. The minimum absolute atomic E-state index is 0.0279. The number of nitrogens with zero attached hydrogens (tertiary/aromatic N) is 1. The number of rotatable bonds is 7. The van der Waals surface area contributed by atoms with Crippen molar-refractivity contribution in [2.24, 2.45) is 0 Å². The molecule has 0 saturated heterocycles. The molecule has 0 atom stereocenters. The van der Waals surface area contributed by atoms with Crippen LogP contribution in [0.4, 0.5) is 5.69 Å². The van der Waals surface area contributed by atoms with E-state index in [4.69, 9.17) is 9.15 Å². The molecule has 0 aliphatic carbocycles. The molecule has 2 aromatic carbocycles. The van der Waals surface area contributed by atoms with Crippen LogP contribution in [0.5, 0.6) is 0 Å². The van der Waals surface area contributed by atoms with Gasteiger partial charge in [-0.2, -0.15) is 0 Å². The first-order valence-electron chi connectivity index (χ1n) is 9.11. The van der Waals surface area contributed by atoms with Gasteiger partial charge in [0.15, 0.2) is 6.61 Å². The summed E-state index contributed by atoms with van der Waals surface area (Å²) in [6, 6.07) is 11.5. The van der Waals surface area contributed by atoms with E-state index >= 15 is 0 Å². The Kier molecular flexibility index (Phi) is 6.23. The smallest absolute Gasteiger partial charge is 0.310 e. The number of aryl methyl sites for hydroxylation is 1. The fourth-order valence-corrected chi connectivity index (χ4v) is 3.77. The van der Waals surface area contributed by atoms with Gasteiger partial charge in [-0.15, -0.1) is 0 Å². The summed E-state index contributed by atoms with van der Waals surface area (Å²) >= 11 is 0. The highest BCUT2D eigenvalue weighted by Crippen LogP contribution is 2.23. The van der Waals surface area contributed by atoms with E-state index in [1.54, 1.807) is 6.07 Å². The van der Waals surface area contributed by atoms with Crippen LogP contribution in [0.1, 0.15) is 11.1 Å². The fraction of sp³-hybridized carbons (Fsp3) is 0.238. The van der Waals surface area contributed by atoms with Gasteiger partial charge in [-0.3, -0.25) is 9.59 Å². The van der Waals surface area contributed by atoms with Crippen molar-refractivity contribution in [1.29, 1.82) is 0 Å². The second-order valence-electron chi connectivity index (χ2n) is 6.96. The normalized spacial score (nSPS) is 11.6. The number of fused-ring (bicyclic) bond motifs is 1. The third kappa shape index (κ3) is 4.87. The summed E-state index contributed by atoms with van der Waals surface area (Å²) < 4.78 is 35.9. The van der Waals surface area contributed by atoms with Crippen molar-refractivity contribution in [3.63, 3.8) is 0 Å². The van der Waals surface area contributed by atoms with Gasteiger partial charge in [0.05, 0.1) is 17.6 Å². The number of esters is 1. The molecule has 0 spiro atoms. The maximum atomic E-state index is 12.2. The Morgan fingerprint density at radius 1 is 1.13 bits per heavy atom. The van der Waals surface area contributed by atoms with Crippen LogP contribution in [-0.4, -0.2) is 45.3 Å². The first kappa shape index (κ1) is 21.5. The summed E-state index contributed by atoms with van der Waals surface area (Å²) in [6.07, 6.45) is 1.47. The Labute approximate surface area is 174 Å². The summed E-state index contributed by atoms with van der Waals surface area (Å²) in [5.74, 6) is -1.15. The lowest BCUT2D eigenvalue weighted by Gasteiger charge is -2.12. The Balaban J connectivity index is 1.57. The number of benzene rings is 2. The Morgan fingerprint density at radius 2 is 1.90 bits per heavy atom. The molecule has 0 unspecified atom stereocenters. The molecule has 0 aliphatic heterocycles. The van der Waals surface area contributed by atoms with E-state index in [0.29, 0.717) is 11.1 Å². The SMILES string of the molecule is Cc1ccc2c(CC(=O)OCC(=O)Nc3cccc(S(=O)(=O)N(C)C)c3)coc2c1. The summed E-state index contributed by atoms with van der Waals surface area (Å²) in [6.45, 7) is 1.46. The number of ether oxygens (including phenoxy) is 1. The van der Waals surface area contributed by atoms with Crippen molar-refractivity contribution in [3.8, 4) is 0 Å². The standard InChI is InChI=1S/C21H22N2O6S/c1-14-7-8-18-15(12-28-19(18)9-14)10-21(25)29-13-20(24)22-16-5-4-6-17(11-16)30(26,27)23(2)3/h4-9,11-12H,10,13H2,1-3H3,(H,22,24). The maximum Gasteiger partial charge on any atom is 0.310 e. The molecular weight excluding hydrogens is 408 g/mol. The number of carbonyl (C=O) groups excluding carboxylic acids is 2. The van der Waals surface area contributed by atoms with Gasteiger partial charge >= 0.3 is 5.97 Å². The van der Waals surface area contributed by atoms with Crippen molar-refractivity contribution >= 4 is 38.6 Å². The van der Waals surface area contributed by atoms with Gasteiger partial charge in [-0.25, -0.2) is 12.7 Å². The number of sulfonamides is 1. The van der Waals surface area contributed by atoms with Crippen LogP contribution >= 0.6 is 0 Å².